The Labute approximate surface area is 182 Å². The number of hydrogen-bond acceptors (Lipinski definition) is 5. The highest BCUT2D eigenvalue weighted by molar-refractivity contribution is 8.16. The minimum absolute atomic E-state index is 0.0616. The predicted octanol–water partition coefficient (Wildman–Crippen LogP) is 4.57. The average Bonchev–Trinajstić information content (AvgIpc) is 2.77. The van der Waals surface area contributed by atoms with Crippen LogP contribution in [-0.4, -0.2) is 49.1 Å². The standard InChI is InChI=1S/C23H30N2O2S2/c1-25(17-19-7-3-2-4-8-19)14-5-13-24-22(26)18-27-21-11-9-20(10-12-21)23-28-15-6-16-29-23/h2-4,7-12,23H,5-6,13-18H2,1H3,(H,24,26). The number of amides is 1. The van der Waals surface area contributed by atoms with Crippen LogP contribution in [0.25, 0.3) is 0 Å². The smallest absolute Gasteiger partial charge is 0.257 e. The highest BCUT2D eigenvalue weighted by Gasteiger charge is 2.16. The first-order valence-electron chi connectivity index (χ1n) is 10.2. The van der Waals surface area contributed by atoms with Crippen LogP contribution in [0.1, 0.15) is 28.6 Å². The van der Waals surface area contributed by atoms with Crippen LogP contribution in [0.5, 0.6) is 5.75 Å². The lowest BCUT2D eigenvalue weighted by Crippen LogP contribution is -2.31. The fraction of sp³-hybridized carbons (Fsp3) is 0.435. The first-order chi connectivity index (χ1) is 14.2. The highest BCUT2D eigenvalue weighted by atomic mass is 32.2. The zero-order valence-corrected chi connectivity index (χ0v) is 18.6. The molecule has 3 rings (SSSR count). The number of thioether (sulfide) groups is 2. The molecule has 0 unspecified atom stereocenters. The van der Waals surface area contributed by atoms with Gasteiger partial charge in [0.15, 0.2) is 6.61 Å². The van der Waals surface area contributed by atoms with Crippen molar-refractivity contribution in [3.05, 3.63) is 65.7 Å². The van der Waals surface area contributed by atoms with E-state index in [1.165, 1.54) is 29.1 Å². The normalized spacial score (nSPS) is 14.7. The van der Waals surface area contributed by atoms with E-state index in [1.54, 1.807) is 0 Å². The monoisotopic (exact) mass is 430 g/mol. The molecule has 6 heteroatoms. The molecule has 1 heterocycles. The highest BCUT2D eigenvalue weighted by Crippen LogP contribution is 2.43. The summed E-state index contributed by atoms with van der Waals surface area (Å²) in [6, 6.07) is 18.6. The Morgan fingerprint density at radius 1 is 1.10 bits per heavy atom. The molecular formula is C23H30N2O2S2. The van der Waals surface area contributed by atoms with E-state index < -0.39 is 0 Å². The number of carbonyl (C=O) groups is 1. The molecule has 1 aliphatic rings. The summed E-state index contributed by atoms with van der Waals surface area (Å²) in [6.07, 6.45) is 2.21. The molecule has 156 valence electrons. The Morgan fingerprint density at radius 3 is 2.55 bits per heavy atom. The van der Waals surface area contributed by atoms with E-state index in [0.717, 1.165) is 25.3 Å². The topological polar surface area (TPSA) is 41.6 Å². The molecule has 1 N–H and O–H groups in total. The predicted molar refractivity (Wildman–Crippen MR) is 125 cm³/mol. The van der Waals surface area contributed by atoms with Crippen molar-refractivity contribution in [3.63, 3.8) is 0 Å². The first-order valence-corrected chi connectivity index (χ1v) is 12.3. The van der Waals surface area contributed by atoms with Crippen molar-refractivity contribution in [2.24, 2.45) is 0 Å². The molecule has 0 aromatic heterocycles. The second kappa shape index (κ2) is 12.2. The summed E-state index contributed by atoms with van der Waals surface area (Å²) in [7, 11) is 2.10. The minimum Gasteiger partial charge on any atom is -0.484 e. The van der Waals surface area contributed by atoms with Crippen LogP contribution < -0.4 is 10.1 Å². The zero-order valence-electron chi connectivity index (χ0n) is 17.0. The molecule has 1 saturated heterocycles. The third-order valence-electron chi connectivity index (χ3n) is 4.68. The number of benzene rings is 2. The van der Waals surface area contributed by atoms with Gasteiger partial charge in [-0.05, 0) is 61.2 Å². The molecule has 0 aliphatic carbocycles. The maximum Gasteiger partial charge on any atom is 0.257 e. The van der Waals surface area contributed by atoms with Gasteiger partial charge in [-0.1, -0.05) is 42.5 Å². The quantitative estimate of drug-likeness (QED) is 0.559. The Kier molecular flexibility index (Phi) is 9.25. The van der Waals surface area contributed by atoms with Gasteiger partial charge in [-0.25, -0.2) is 0 Å². The number of hydrogen-bond donors (Lipinski definition) is 1. The molecule has 4 nitrogen and oxygen atoms in total. The van der Waals surface area contributed by atoms with E-state index in [1.807, 2.05) is 41.7 Å². The van der Waals surface area contributed by atoms with Gasteiger partial charge in [-0.15, -0.1) is 23.5 Å². The molecule has 0 radical (unpaired) electrons. The Bertz CT molecular complexity index is 734. The maximum atomic E-state index is 12.0. The summed E-state index contributed by atoms with van der Waals surface area (Å²) in [5.41, 5.74) is 2.63. The lowest BCUT2D eigenvalue weighted by Gasteiger charge is -2.21. The molecule has 1 amide bonds. The van der Waals surface area contributed by atoms with Crippen LogP contribution in [0.4, 0.5) is 0 Å². The van der Waals surface area contributed by atoms with E-state index in [-0.39, 0.29) is 12.5 Å². The van der Waals surface area contributed by atoms with Gasteiger partial charge in [-0.2, -0.15) is 0 Å². The number of carbonyl (C=O) groups excluding carboxylic acids is 1. The van der Waals surface area contributed by atoms with Crippen LogP contribution in [0.2, 0.25) is 0 Å². The molecule has 0 spiro atoms. The van der Waals surface area contributed by atoms with Crippen LogP contribution in [0, 0.1) is 0 Å². The summed E-state index contributed by atoms with van der Waals surface area (Å²) in [5, 5.41) is 2.94. The number of nitrogens with one attached hydrogen (secondary N) is 1. The van der Waals surface area contributed by atoms with Crippen molar-refractivity contribution in [2.75, 3.05) is 38.2 Å². The second-order valence-corrected chi connectivity index (χ2v) is 9.94. The lowest BCUT2D eigenvalue weighted by molar-refractivity contribution is -0.123. The van der Waals surface area contributed by atoms with Crippen molar-refractivity contribution in [1.29, 1.82) is 0 Å². The molecule has 0 saturated carbocycles. The van der Waals surface area contributed by atoms with Crippen LogP contribution in [0.15, 0.2) is 54.6 Å². The minimum atomic E-state index is -0.0711. The largest absolute Gasteiger partial charge is 0.484 e. The van der Waals surface area contributed by atoms with Crippen LogP contribution >= 0.6 is 23.5 Å². The Balaban J connectivity index is 1.28. The summed E-state index contributed by atoms with van der Waals surface area (Å²) < 4.78 is 6.16. The van der Waals surface area contributed by atoms with Crippen molar-refractivity contribution >= 4 is 29.4 Å². The summed E-state index contributed by atoms with van der Waals surface area (Å²) in [5.74, 6) is 3.14. The van der Waals surface area contributed by atoms with Gasteiger partial charge >= 0.3 is 0 Å². The summed E-state index contributed by atoms with van der Waals surface area (Å²) >= 11 is 4.02. The van der Waals surface area contributed by atoms with Crippen molar-refractivity contribution in [3.8, 4) is 5.75 Å². The number of rotatable bonds is 10. The number of nitrogens with zero attached hydrogens (tertiary/aromatic N) is 1. The first kappa shape index (κ1) is 22.1. The molecule has 2 aromatic rings. The Hall–Kier alpha value is -1.63. The van der Waals surface area contributed by atoms with E-state index in [2.05, 4.69) is 53.7 Å². The van der Waals surface area contributed by atoms with Gasteiger partial charge in [0, 0.05) is 13.1 Å². The maximum absolute atomic E-state index is 12.0. The van der Waals surface area contributed by atoms with Gasteiger partial charge in [0.05, 0.1) is 4.58 Å². The molecule has 0 atom stereocenters. The SMILES string of the molecule is CN(CCCNC(=O)COc1ccc(C2SCCCS2)cc1)Cc1ccccc1. The van der Waals surface area contributed by atoms with Gasteiger partial charge in [0.2, 0.25) is 0 Å². The van der Waals surface area contributed by atoms with Crippen LogP contribution in [-0.2, 0) is 11.3 Å². The van der Waals surface area contributed by atoms with E-state index in [0.29, 0.717) is 11.1 Å². The molecule has 1 fully saturated rings. The van der Waals surface area contributed by atoms with Crippen molar-refractivity contribution in [1.82, 2.24) is 10.2 Å². The van der Waals surface area contributed by atoms with E-state index in [4.69, 9.17) is 4.74 Å². The van der Waals surface area contributed by atoms with Gasteiger partial charge in [-0.3, -0.25) is 4.79 Å². The fourth-order valence-electron chi connectivity index (χ4n) is 3.15. The molecule has 1 aliphatic heterocycles. The third-order valence-corrected chi connectivity index (χ3v) is 7.70. The summed E-state index contributed by atoms with van der Waals surface area (Å²) in [4.78, 5) is 14.3. The lowest BCUT2D eigenvalue weighted by atomic mass is 10.2. The third kappa shape index (κ3) is 7.96. The Morgan fingerprint density at radius 2 is 1.83 bits per heavy atom. The summed E-state index contributed by atoms with van der Waals surface area (Å²) in [6.45, 7) is 2.59. The van der Waals surface area contributed by atoms with Gasteiger partial charge < -0.3 is 15.0 Å². The van der Waals surface area contributed by atoms with Gasteiger partial charge in [0.25, 0.3) is 5.91 Å². The van der Waals surface area contributed by atoms with Crippen molar-refractivity contribution < 1.29 is 9.53 Å². The van der Waals surface area contributed by atoms with Crippen molar-refractivity contribution in [2.45, 2.75) is 24.0 Å². The van der Waals surface area contributed by atoms with E-state index in [9.17, 15) is 4.79 Å². The average molecular weight is 431 g/mol. The van der Waals surface area contributed by atoms with Crippen LogP contribution in [0.3, 0.4) is 0 Å². The van der Waals surface area contributed by atoms with Gasteiger partial charge in [0.1, 0.15) is 5.75 Å². The van der Waals surface area contributed by atoms with E-state index >= 15 is 0 Å². The number of ether oxygens (including phenoxy) is 1. The molecule has 29 heavy (non-hydrogen) atoms. The fourth-order valence-corrected chi connectivity index (χ4v) is 6.05. The molecule has 0 bridgehead atoms. The molecule has 2 aromatic carbocycles. The zero-order chi connectivity index (χ0) is 20.3. The second-order valence-electron chi connectivity index (χ2n) is 7.21. The molecular weight excluding hydrogens is 400 g/mol.